The van der Waals surface area contributed by atoms with Gasteiger partial charge in [0.15, 0.2) is 5.65 Å². The summed E-state index contributed by atoms with van der Waals surface area (Å²) in [5.74, 6) is 0. The second-order valence-electron chi connectivity index (χ2n) is 4.49. The van der Waals surface area contributed by atoms with Crippen LogP contribution < -0.4 is 5.32 Å². The van der Waals surface area contributed by atoms with E-state index in [0.29, 0.717) is 6.04 Å². The van der Waals surface area contributed by atoms with Gasteiger partial charge < -0.3 is 10.1 Å². The standard InChI is InChI=1S/C12H16N4O/c1-9-4-12-14-6-10(7-16(12)15-9)5-13-11-2-3-17-8-11/h4,6-7,11,13H,2-3,5,8H2,1H3. The van der Waals surface area contributed by atoms with Gasteiger partial charge in [-0.05, 0) is 13.3 Å². The smallest absolute Gasteiger partial charge is 0.155 e. The highest BCUT2D eigenvalue weighted by Gasteiger charge is 2.14. The molecule has 0 aliphatic carbocycles. The molecule has 1 aliphatic rings. The van der Waals surface area contributed by atoms with Crippen LogP contribution in [0.4, 0.5) is 0 Å². The molecule has 0 spiro atoms. The lowest BCUT2D eigenvalue weighted by atomic mass is 10.2. The minimum absolute atomic E-state index is 0.477. The van der Waals surface area contributed by atoms with Crippen LogP contribution in [0.2, 0.25) is 0 Å². The van der Waals surface area contributed by atoms with Crippen molar-refractivity contribution in [3.63, 3.8) is 0 Å². The van der Waals surface area contributed by atoms with Crippen LogP contribution >= 0.6 is 0 Å². The van der Waals surface area contributed by atoms with Crippen molar-refractivity contribution in [2.75, 3.05) is 13.2 Å². The molecular weight excluding hydrogens is 216 g/mol. The van der Waals surface area contributed by atoms with Crippen molar-refractivity contribution in [1.82, 2.24) is 19.9 Å². The summed E-state index contributed by atoms with van der Waals surface area (Å²) < 4.78 is 7.15. The molecule has 0 bridgehead atoms. The lowest BCUT2D eigenvalue weighted by molar-refractivity contribution is 0.190. The molecule has 1 fully saturated rings. The van der Waals surface area contributed by atoms with E-state index in [9.17, 15) is 0 Å². The highest BCUT2D eigenvalue weighted by molar-refractivity contribution is 5.38. The number of nitrogens with one attached hydrogen (secondary N) is 1. The third-order valence-corrected chi connectivity index (χ3v) is 3.01. The summed E-state index contributed by atoms with van der Waals surface area (Å²) in [6.07, 6.45) is 5.02. The molecule has 0 amide bonds. The molecule has 17 heavy (non-hydrogen) atoms. The Balaban J connectivity index is 1.71. The minimum Gasteiger partial charge on any atom is -0.380 e. The van der Waals surface area contributed by atoms with E-state index in [1.807, 2.05) is 29.9 Å². The molecular formula is C12H16N4O. The fraction of sp³-hybridized carbons (Fsp3) is 0.500. The highest BCUT2D eigenvalue weighted by Crippen LogP contribution is 2.07. The molecule has 5 nitrogen and oxygen atoms in total. The average molecular weight is 232 g/mol. The third-order valence-electron chi connectivity index (χ3n) is 3.01. The Kier molecular flexibility index (Phi) is 2.78. The van der Waals surface area contributed by atoms with Crippen LogP contribution in [-0.2, 0) is 11.3 Å². The Labute approximate surface area is 99.8 Å². The van der Waals surface area contributed by atoms with Crippen LogP contribution in [0.3, 0.4) is 0 Å². The SMILES string of the molecule is Cc1cc2ncc(CNC3CCOC3)cn2n1. The van der Waals surface area contributed by atoms with Gasteiger partial charge in [0.1, 0.15) is 0 Å². The molecule has 90 valence electrons. The molecule has 3 heterocycles. The number of hydrogen-bond donors (Lipinski definition) is 1. The predicted molar refractivity (Wildman–Crippen MR) is 63.8 cm³/mol. The lowest BCUT2D eigenvalue weighted by Gasteiger charge is -2.09. The van der Waals surface area contributed by atoms with Crippen molar-refractivity contribution >= 4 is 5.65 Å². The van der Waals surface area contributed by atoms with Gasteiger partial charge in [0.25, 0.3) is 0 Å². The first-order chi connectivity index (χ1) is 8.31. The molecule has 2 aromatic rings. The zero-order chi connectivity index (χ0) is 11.7. The molecule has 1 N–H and O–H groups in total. The summed E-state index contributed by atoms with van der Waals surface area (Å²) in [5.41, 5.74) is 3.04. The number of aryl methyl sites for hydroxylation is 1. The fourth-order valence-corrected chi connectivity index (χ4v) is 2.08. The number of fused-ring (bicyclic) bond motifs is 1. The molecule has 1 atom stereocenters. The van der Waals surface area contributed by atoms with Crippen molar-refractivity contribution in [2.24, 2.45) is 0 Å². The third kappa shape index (κ3) is 2.30. The maximum atomic E-state index is 5.32. The lowest BCUT2D eigenvalue weighted by Crippen LogP contribution is -2.28. The molecule has 1 aliphatic heterocycles. The van der Waals surface area contributed by atoms with E-state index in [-0.39, 0.29) is 0 Å². The van der Waals surface area contributed by atoms with E-state index in [1.165, 1.54) is 0 Å². The average Bonchev–Trinajstić information content (AvgIpc) is 2.92. The van der Waals surface area contributed by atoms with E-state index in [2.05, 4.69) is 15.4 Å². The summed E-state index contributed by atoms with van der Waals surface area (Å²) in [4.78, 5) is 4.38. The topological polar surface area (TPSA) is 51.5 Å². The molecule has 1 saturated heterocycles. The summed E-state index contributed by atoms with van der Waals surface area (Å²) in [7, 11) is 0. The Bertz CT molecular complexity index is 516. The highest BCUT2D eigenvalue weighted by atomic mass is 16.5. The summed E-state index contributed by atoms with van der Waals surface area (Å²) in [6.45, 7) is 4.47. The summed E-state index contributed by atoms with van der Waals surface area (Å²) in [6, 6.07) is 2.45. The molecule has 0 aromatic carbocycles. The van der Waals surface area contributed by atoms with Crippen molar-refractivity contribution < 1.29 is 4.74 Å². The fourth-order valence-electron chi connectivity index (χ4n) is 2.08. The number of aromatic nitrogens is 3. The van der Waals surface area contributed by atoms with E-state index >= 15 is 0 Å². The Morgan fingerprint density at radius 1 is 1.59 bits per heavy atom. The van der Waals surface area contributed by atoms with Gasteiger partial charge in [-0.15, -0.1) is 0 Å². The van der Waals surface area contributed by atoms with E-state index in [4.69, 9.17) is 4.74 Å². The van der Waals surface area contributed by atoms with Gasteiger partial charge in [0.05, 0.1) is 12.3 Å². The number of rotatable bonds is 3. The second kappa shape index (κ2) is 4.43. The van der Waals surface area contributed by atoms with E-state index in [0.717, 1.165) is 43.1 Å². The minimum atomic E-state index is 0.477. The normalized spacial score (nSPS) is 20.2. The zero-order valence-electron chi connectivity index (χ0n) is 9.89. The van der Waals surface area contributed by atoms with Crippen LogP contribution in [0.25, 0.3) is 5.65 Å². The van der Waals surface area contributed by atoms with Crippen molar-refractivity contribution in [3.8, 4) is 0 Å². The molecule has 0 saturated carbocycles. The molecule has 0 radical (unpaired) electrons. The van der Waals surface area contributed by atoms with Gasteiger partial charge in [-0.1, -0.05) is 0 Å². The van der Waals surface area contributed by atoms with Crippen LogP contribution in [-0.4, -0.2) is 33.9 Å². The predicted octanol–water partition coefficient (Wildman–Crippen LogP) is 0.916. The summed E-state index contributed by atoms with van der Waals surface area (Å²) in [5, 5.41) is 7.82. The van der Waals surface area contributed by atoms with Crippen LogP contribution in [0.1, 0.15) is 17.7 Å². The van der Waals surface area contributed by atoms with Gasteiger partial charge in [-0.2, -0.15) is 5.10 Å². The van der Waals surface area contributed by atoms with Crippen LogP contribution in [0.5, 0.6) is 0 Å². The second-order valence-corrected chi connectivity index (χ2v) is 4.49. The Morgan fingerprint density at radius 2 is 2.53 bits per heavy atom. The largest absolute Gasteiger partial charge is 0.380 e. The van der Waals surface area contributed by atoms with Crippen molar-refractivity contribution in [3.05, 3.63) is 29.7 Å². The van der Waals surface area contributed by atoms with Crippen LogP contribution in [0.15, 0.2) is 18.5 Å². The van der Waals surface area contributed by atoms with Gasteiger partial charge in [0, 0.05) is 43.2 Å². The quantitative estimate of drug-likeness (QED) is 0.855. The summed E-state index contributed by atoms with van der Waals surface area (Å²) >= 11 is 0. The van der Waals surface area contributed by atoms with Gasteiger partial charge in [-0.3, -0.25) is 0 Å². The monoisotopic (exact) mass is 232 g/mol. The van der Waals surface area contributed by atoms with E-state index in [1.54, 1.807) is 0 Å². The van der Waals surface area contributed by atoms with Gasteiger partial charge in [0.2, 0.25) is 0 Å². The van der Waals surface area contributed by atoms with Crippen LogP contribution in [0, 0.1) is 6.92 Å². The number of hydrogen-bond acceptors (Lipinski definition) is 4. The molecule has 2 aromatic heterocycles. The van der Waals surface area contributed by atoms with Crippen molar-refractivity contribution in [1.29, 1.82) is 0 Å². The number of nitrogens with zero attached hydrogens (tertiary/aromatic N) is 3. The Hall–Kier alpha value is -1.46. The van der Waals surface area contributed by atoms with E-state index < -0.39 is 0 Å². The number of ether oxygens (including phenoxy) is 1. The first-order valence-corrected chi connectivity index (χ1v) is 5.93. The van der Waals surface area contributed by atoms with Crippen molar-refractivity contribution in [2.45, 2.75) is 25.9 Å². The Morgan fingerprint density at radius 3 is 3.35 bits per heavy atom. The zero-order valence-corrected chi connectivity index (χ0v) is 9.89. The first-order valence-electron chi connectivity index (χ1n) is 5.93. The molecule has 3 rings (SSSR count). The maximum Gasteiger partial charge on any atom is 0.155 e. The maximum absolute atomic E-state index is 5.32. The molecule has 5 heteroatoms. The van der Waals surface area contributed by atoms with Gasteiger partial charge in [-0.25, -0.2) is 9.50 Å². The molecule has 1 unspecified atom stereocenters. The van der Waals surface area contributed by atoms with Gasteiger partial charge >= 0.3 is 0 Å². The first kappa shape index (κ1) is 10.7.